The maximum absolute atomic E-state index is 12.3. The Bertz CT molecular complexity index is 454. The van der Waals surface area contributed by atoms with Gasteiger partial charge >= 0.3 is 0 Å². The average molecular weight is 259 g/mol. The summed E-state index contributed by atoms with van der Waals surface area (Å²) in [5, 5.41) is 9.71. The number of hydrogen-bond donors (Lipinski definition) is 3. The lowest BCUT2D eigenvalue weighted by Crippen LogP contribution is -2.56. The van der Waals surface area contributed by atoms with Gasteiger partial charge in [-0.15, -0.1) is 0 Å². The van der Waals surface area contributed by atoms with Crippen LogP contribution in [0, 0.1) is 0 Å². The molecule has 0 spiro atoms. The van der Waals surface area contributed by atoms with E-state index < -0.39 is 0 Å². The highest BCUT2D eigenvalue weighted by atomic mass is 16.2. The number of benzene rings is 1. The predicted molar refractivity (Wildman–Crippen MR) is 74.9 cm³/mol. The van der Waals surface area contributed by atoms with Gasteiger partial charge in [-0.1, -0.05) is 24.3 Å². The van der Waals surface area contributed by atoms with Crippen molar-refractivity contribution in [2.24, 2.45) is 0 Å². The van der Waals surface area contributed by atoms with Crippen LogP contribution >= 0.6 is 0 Å². The van der Waals surface area contributed by atoms with E-state index in [-0.39, 0.29) is 18.0 Å². The van der Waals surface area contributed by atoms with Gasteiger partial charge in [0.05, 0.1) is 12.1 Å². The number of fused-ring (bicyclic) bond motifs is 1. The van der Waals surface area contributed by atoms with Crippen LogP contribution in [0.4, 0.5) is 0 Å². The van der Waals surface area contributed by atoms with E-state index in [9.17, 15) is 4.79 Å². The third-order valence-electron chi connectivity index (χ3n) is 4.04. The van der Waals surface area contributed by atoms with E-state index >= 15 is 0 Å². The van der Waals surface area contributed by atoms with Gasteiger partial charge in [0.25, 0.3) is 0 Å². The third kappa shape index (κ3) is 2.80. The molecule has 4 heteroatoms. The van der Waals surface area contributed by atoms with Crippen molar-refractivity contribution in [1.82, 2.24) is 16.0 Å². The van der Waals surface area contributed by atoms with Gasteiger partial charge in [-0.25, -0.2) is 0 Å². The molecule has 19 heavy (non-hydrogen) atoms. The van der Waals surface area contributed by atoms with Crippen LogP contribution in [0.25, 0.3) is 0 Å². The maximum atomic E-state index is 12.3. The number of amides is 1. The summed E-state index contributed by atoms with van der Waals surface area (Å²) in [6.45, 7) is 2.52. The van der Waals surface area contributed by atoms with Gasteiger partial charge in [-0.05, 0) is 30.4 Å². The van der Waals surface area contributed by atoms with Crippen molar-refractivity contribution < 1.29 is 4.79 Å². The minimum atomic E-state index is -0.0946. The molecule has 3 rings (SSSR count). The highest BCUT2D eigenvalue weighted by Gasteiger charge is 2.26. The first-order valence-electron chi connectivity index (χ1n) is 7.17. The number of aryl methyl sites for hydroxylation is 1. The summed E-state index contributed by atoms with van der Waals surface area (Å²) in [6, 6.07) is 8.54. The number of piperazine rings is 1. The second-order valence-corrected chi connectivity index (χ2v) is 5.36. The zero-order valence-electron chi connectivity index (χ0n) is 11.1. The van der Waals surface area contributed by atoms with Crippen LogP contribution in [0.3, 0.4) is 0 Å². The van der Waals surface area contributed by atoms with Crippen molar-refractivity contribution in [3.8, 4) is 0 Å². The second kappa shape index (κ2) is 5.72. The van der Waals surface area contributed by atoms with Gasteiger partial charge in [-0.2, -0.15) is 0 Å². The molecule has 1 aliphatic heterocycles. The van der Waals surface area contributed by atoms with Gasteiger partial charge in [0.1, 0.15) is 0 Å². The summed E-state index contributed by atoms with van der Waals surface area (Å²) in [5.74, 6) is 0.119. The molecular formula is C15H21N3O. The van der Waals surface area contributed by atoms with Gasteiger partial charge in [0.15, 0.2) is 0 Å². The number of carbonyl (C=O) groups is 1. The standard InChI is InChI=1S/C15H21N3O/c19-15(14-10-16-8-9-17-14)18-13-7-3-5-11-4-1-2-6-12(11)13/h1-2,4,6,13-14,16-17H,3,5,7-10H2,(H,18,19). The topological polar surface area (TPSA) is 53.2 Å². The zero-order valence-corrected chi connectivity index (χ0v) is 11.1. The Balaban J connectivity index is 1.68. The number of nitrogens with one attached hydrogen (secondary N) is 3. The predicted octanol–water partition coefficient (Wildman–Crippen LogP) is 0.742. The molecule has 1 fully saturated rings. The highest BCUT2D eigenvalue weighted by Crippen LogP contribution is 2.29. The fourth-order valence-electron chi connectivity index (χ4n) is 3.01. The van der Waals surface area contributed by atoms with Crippen LogP contribution in [0.5, 0.6) is 0 Å². The number of carbonyl (C=O) groups excluding carboxylic acids is 1. The Morgan fingerprint density at radius 3 is 3.00 bits per heavy atom. The molecule has 1 aromatic rings. The SMILES string of the molecule is O=C(NC1CCCc2ccccc21)C1CNCCN1. The Kier molecular flexibility index (Phi) is 3.80. The van der Waals surface area contributed by atoms with Crippen molar-refractivity contribution in [3.63, 3.8) is 0 Å². The lowest BCUT2D eigenvalue weighted by molar-refractivity contribution is -0.124. The molecule has 2 aliphatic rings. The summed E-state index contributed by atoms with van der Waals surface area (Å²) in [5.41, 5.74) is 2.68. The molecule has 1 saturated heterocycles. The normalized spacial score (nSPS) is 26.5. The quantitative estimate of drug-likeness (QED) is 0.734. The van der Waals surface area contributed by atoms with E-state index in [1.54, 1.807) is 0 Å². The van der Waals surface area contributed by atoms with Crippen molar-refractivity contribution in [2.45, 2.75) is 31.3 Å². The molecule has 4 nitrogen and oxygen atoms in total. The van der Waals surface area contributed by atoms with E-state index in [1.165, 1.54) is 11.1 Å². The number of hydrogen-bond acceptors (Lipinski definition) is 3. The van der Waals surface area contributed by atoms with E-state index in [0.717, 1.165) is 38.9 Å². The molecular weight excluding hydrogens is 238 g/mol. The van der Waals surface area contributed by atoms with Gasteiger partial charge in [0.2, 0.25) is 5.91 Å². The molecule has 2 atom stereocenters. The second-order valence-electron chi connectivity index (χ2n) is 5.36. The monoisotopic (exact) mass is 259 g/mol. The minimum absolute atomic E-state index is 0.0946. The first kappa shape index (κ1) is 12.6. The van der Waals surface area contributed by atoms with E-state index in [1.807, 2.05) is 0 Å². The molecule has 0 saturated carbocycles. The summed E-state index contributed by atoms with van der Waals surface area (Å²) in [4.78, 5) is 12.3. The smallest absolute Gasteiger partial charge is 0.238 e. The number of rotatable bonds is 2. The van der Waals surface area contributed by atoms with Gasteiger partial charge in [-0.3, -0.25) is 4.79 Å². The van der Waals surface area contributed by atoms with E-state index in [2.05, 4.69) is 40.2 Å². The van der Waals surface area contributed by atoms with Gasteiger partial charge < -0.3 is 16.0 Å². The summed E-state index contributed by atoms with van der Waals surface area (Å²) in [7, 11) is 0. The molecule has 102 valence electrons. The lowest BCUT2D eigenvalue weighted by Gasteiger charge is -2.30. The highest BCUT2D eigenvalue weighted by molar-refractivity contribution is 5.82. The van der Waals surface area contributed by atoms with E-state index in [0.29, 0.717) is 0 Å². The fraction of sp³-hybridized carbons (Fsp3) is 0.533. The third-order valence-corrected chi connectivity index (χ3v) is 4.04. The fourth-order valence-corrected chi connectivity index (χ4v) is 3.01. The van der Waals surface area contributed by atoms with Crippen LogP contribution in [0.1, 0.15) is 30.0 Å². The molecule has 1 amide bonds. The first-order valence-corrected chi connectivity index (χ1v) is 7.17. The lowest BCUT2D eigenvalue weighted by atomic mass is 9.87. The largest absolute Gasteiger partial charge is 0.348 e. The molecule has 2 unspecified atom stereocenters. The molecule has 3 N–H and O–H groups in total. The minimum Gasteiger partial charge on any atom is -0.348 e. The van der Waals surface area contributed by atoms with Crippen LogP contribution in [0.15, 0.2) is 24.3 Å². The summed E-state index contributed by atoms with van der Waals surface area (Å²) < 4.78 is 0. The Morgan fingerprint density at radius 1 is 1.26 bits per heavy atom. The van der Waals surface area contributed by atoms with Crippen LogP contribution in [0.2, 0.25) is 0 Å². The Labute approximate surface area is 114 Å². The van der Waals surface area contributed by atoms with E-state index in [4.69, 9.17) is 0 Å². The summed E-state index contributed by atoms with van der Waals surface area (Å²) >= 11 is 0. The zero-order chi connectivity index (χ0) is 13.1. The first-order chi connectivity index (χ1) is 9.34. The van der Waals surface area contributed by atoms with Gasteiger partial charge in [0, 0.05) is 19.6 Å². The summed E-state index contributed by atoms with van der Waals surface area (Å²) in [6.07, 6.45) is 3.33. The molecule has 1 heterocycles. The van der Waals surface area contributed by atoms with Crippen LogP contribution < -0.4 is 16.0 Å². The van der Waals surface area contributed by atoms with Crippen LogP contribution in [-0.2, 0) is 11.2 Å². The molecule has 0 aromatic heterocycles. The average Bonchev–Trinajstić information content (AvgIpc) is 2.48. The van der Waals surface area contributed by atoms with Crippen molar-refractivity contribution in [2.75, 3.05) is 19.6 Å². The molecule has 1 aromatic carbocycles. The van der Waals surface area contributed by atoms with Crippen molar-refractivity contribution in [3.05, 3.63) is 35.4 Å². The Morgan fingerprint density at radius 2 is 2.16 bits per heavy atom. The Hall–Kier alpha value is -1.39. The molecule has 1 aliphatic carbocycles. The molecule has 0 radical (unpaired) electrons. The molecule has 0 bridgehead atoms. The van der Waals surface area contributed by atoms with Crippen molar-refractivity contribution in [1.29, 1.82) is 0 Å². The van der Waals surface area contributed by atoms with Crippen LogP contribution in [-0.4, -0.2) is 31.6 Å². The van der Waals surface area contributed by atoms with Crippen molar-refractivity contribution >= 4 is 5.91 Å². The maximum Gasteiger partial charge on any atom is 0.238 e.